The lowest BCUT2D eigenvalue weighted by Crippen LogP contribution is -2.31. The Balaban J connectivity index is 1.58. The summed E-state index contributed by atoms with van der Waals surface area (Å²) in [5, 5.41) is 14.6. The molecule has 1 aromatic heterocycles. The minimum atomic E-state index is -0.499. The summed E-state index contributed by atoms with van der Waals surface area (Å²) in [6, 6.07) is 21.9. The van der Waals surface area contributed by atoms with Gasteiger partial charge in [0.2, 0.25) is 0 Å². The maximum absolute atomic E-state index is 13.1. The van der Waals surface area contributed by atoms with Gasteiger partial charge in [0.25, 0.3) is 17.2 Å². The van der Waals surface area contributed by atoms with Crippen molar-refractivity contribution < 1.29 is 9.72 Å². The molecular weight excluding hydrogens is 410 g/mol. The van der Waals surface area contributed by atoms with Gasteiger partial charge in [-0.2, -0.15) is 5.10 Å². The van der Waals surface area contributed by atoms with Gasteiger partial charge >= 0.3 is 0 Å². The number of rotatable bonds is 6. The summed E-state index contributed by atoms with van der Waals surface area (Å²) in [6.07, 6.45) is 1.37. The van der Waals surface area contributed by atoms with Crippen molar-refractivity contribution in [2.45, 2.75) is 6.54 Å². The van der Waals surface area contributed by atoms with Crippen molar-refractivity contribution in [1.29, 1.82) is 0 Å². The minimum Gasteiger partial charge on any atom is -0.295 e. The number of nitro benzene ring substituents is 1. The van der Waals surface area contributed by atoms with Gasteiger partial charge < -0.3 is 0 Å². The van der Waals surface area contributed by atoms with Gasteiger partial charge in [-0.15, -0.1) is 0 Å². The van der Waals surface area contributed by atoms with E-state index in [0.29, 0.717) is 22.2 Å². The van der Waals surface area contributed by atoms with Gasteiger partial charge in [0.05, 0.1) is 22.2 Å². The van der Waals surface area contributed by atoms with Crippen LogP contribution in [0.25, 0.3) is 22.3 Å². The van der Waals surface area contributed by atoms with Gasteiger partial charge in [-0.3, -0.25) is 24.3 Å². The second-order valence-corrected chi connectivity index (χ2v) is 6.85. The zero-order chi connectivity index (χ0) is 22.5. The van der Waals surface area contributed by atoms with Gasteiger partial charge in [0.15, 0.2) is 0 Å². The average molecular weight is 427 g/mol. The van der Waals surface area contributed by atoms with E-state index in [1.54, 1.807) is 30.3 Å². The Hall–Kier alpha value is -4.66. The Kier molecular flexibility index (Phi) is 5.80. The number of fused-ring (bicyclic) bond motifs is 1. The van der Waals surface area contributed by atoms with E-state index in [0.717, 1.165) is 0 Å². The van der Waals surface area contributed by atoms with E-state index in [2.05, 4.69) is 15.5 Å². The van der Waals surface area contributed by atoms with Crippen molar-refractivity contribution in [3.63, 3.8) is 0 Å². The first-order valence-corrected chi connectivity index (χ1v) is 9.64. The van der Waals surface area contributed by atoms with Crippen molar-refractivity contribution in [3.05, 3.63) is 105 Å². The second-order valence-electron chi connectivity index (χ2n) is 6.85. The Morgan fingerprint density at radius 1 is 1.03 bits per heavy atom. The van der Waals surface area contributed by atoms with E-state index in [1.165, 1.54) is 35.0 Å². The van der Waals surface area contributed by atoms with Crippen molar-refractivity contribution in [2.24, 2.45) is 5.10 Å². The zero-order valence-corrected chi connectivity index (χ0v) is 16.7. The van der Waals surface area contributed by atoms with Crippen LogP contribution in [0.3, 0.4) is 0 Å². The monoisotopic (exact) mass is 427 g/mol. The van der Waals surface area contributed by atoms with Crippen LogP contribution in [0.1, 0.15) is 5.56 Å². The van der Waals surface area contributed by atoms with Crippen LogP contribution in [0.5, 0.6) is 0 Å². The fraction of sp³-hybridized carbons (Fsp3) is 0.0435. The molecular formula is C23H17N5O4. The fourth-order valence-electron chi connectivity index (χ4n) is 3.17. The quantitative estimate of drug-likeness (QED) is 0.288. The number of hydrogen-bond donors (Lipinski definition) is 1. The van der Waals surface area contributed by atoms with E-state index in [4.69, 9.17) is 0 Å². The summed E-state index contributed by atoms with van der Waals surface area (Å²) in [7, 11) is 0. The van der Waals surface area contributed by atoms with Gasteiger partial charge in [-0.1, -0.05) is 42.5 Å². The largest absolute Gasteiger partial charge is 0.295 e. The topological polar surface area (TPSA) is 119 Å². The lowest BCUT2D eigenvalue weighted by molar-refractivity contribution is -0.384. The van der Waals surface area contributed by atoms with Crippen LogP contribution in [0.15, 0.2) is 88.8 Å². The first kappa shape index (κ1) is 20.6. The van der Waals surface area contributed by atoms with Crippen LogP contribution >= 0.6 is 0 Å². The number of carbonyl (C=O) groups is 1. The molecule has 3 aromatic carbocycles. The molecule has 1 N–H and O–H groups in total. The van der Waals surface area contributed by atoms with Crippen molar-refractivity contribution >= 4 is 28.8 Å². The molecule has 0 unspecified atom stereocenters. The smallest absolute Gasteiger partial charge is 0.278 e. The summed E-state index contributed by atoms with van der Waals surface area (Å²) < 4.78 is 1.36. The molecule has 0 spiro atoms. The minimum absolute atomic E-state index is 0.0376. The Bertz CT molecular complexity index is 1380. The van der Waals surface area contributed by atoms with E-state index in [-0.39, 0.29) is 23.5 Å². The molecule has 158 valence electrons. The second kappa shape index (κ2) is 9.00. The maximum Gasteiger partial charge on any atom is 0.278 e. The number of para-hydroxylation sites is 2. The number of aromatic nitrogens is 2. The molecule has 9 nitrogen and oxygen atoms in total. The molecule has 0 fully saturated rings. The Labute approximate surface area is 181 Å². The third-order valence-electron chi connectivity index (χ3n) is 4.71. The molecule has 0 bridgehead atoms. The van der Waals surface area contributed by atoms with Gasteiger partial charge in [0.1, 0.15) is 12.2 Å². The van der Waals surface area contributed by atoms with Gasteiger partial charge in [0, 0.05) is 17.7 Å². The first-order chi connectivity index (χ1) is 15.5. The third kappa shape index (κ3) is 4.41. The fourth-order valence-corrected chi connectivity index (χ4v) is 3.17. The van der Waals surface area contributed by atoms with Gasteiger partial charge in [-0.25, -0.2) is 10.4 Å². The van der Waals surface area contributed by atoms with Crippen LogP contribution in [-0.2, 0) is 11.3 Å². The van der Waals surface area contributed by atoms with E-state index < -0.39 is 10.8 Å². The molecule has 0 saturated carbocycles. The molecule has 32 heavy (non-hydrogen) atoms. The van der Waals surface area contributed by atoms with Crippen molar-refractivity contribution in [2.75, 3.05) is 0 Å². The normalized spacial score (nSPS) is 11.0. The number of nitrogens with zero attached hydrogens (tertiary/aromatic N) is 4. The highest BCUT2D eigenvalue weighted by molar-refractivity contribution is 5.84. The van der Waals surface area contributed by atoms with Crippen LogP contribution in [0, 0.1) is 10.1 Å². The van der Waals surface area contributed by atoms with Crippen molar-refractivity contribution in [3.8, 4) is 11.3 Å². The standard InChI is InChI=1S/C23H17N5O4/c29-21(26-24-14-16-10-12-18(13-11-16)28(31)32)15-27-20-9-5-4-8-19(20)25-22(23(27)30)17-6-2-1-3-7-17/h1-14H,15H2,(H,26,29)/b24-14+. The summed E-state index contributed by atoms with van der Waals surface area (Å²) in [4.78, 5) is 40.3. The highest BCUT2D eigenvalue weighted by atomic mass is 16.6. The SMILES string of the molecule is O=C(Cn1c(=O)c(-c2ccccc2)nc2ccccc21)N/N=C/c1ccc([N+](=O)[O-])cc1. The predicted molar refractivity (Wildman–Crippen MR) is 120 cm³/mol. The number of hydrogen-bond acceptors (Lipinski definition) is 6. The molecule has 1 amide bonds. The van der Waals surface area contributed by atoms with Gasteiger partial charge in [-0.05, 0) is 29.8 Å². The summed E-state index contributed by atoms with van der Waals surface area (Å²) >= 11 is 0. The highest BCUT2D eigenvalue weighted by Crippen LogP contribution is 2.17. The molecule has 9 heteroatoms. The molecule has 0 aliphatic heterocycles. The van der Waals surface area contributed by atoms with E-state index in [9.17, 15) is 19.7 Å². The molecule has 0 aliphatic carbocycles. The van der Waals surface area contributed by atoms with Crippen LogP contribution in [0.4, 0.5) is 5.69 Å². The maximum atomic E-state index is 13.1. The number of benzene rings is 3. The average Bonchev–Trinajstić information content (AvgIpc) is 2.81. The van der Waals surface area contributed by atoms with Crippen LogP contribution in [-0.4, -0.2) is 26.6 Å². The lowest BCUT2D eigenvalue weighted by atomic mass is 10.1. The number of nitrogens with one attached hydrogen (secondary N) is 1. The molecule has 0 saturated heterocycles. The third-order valence-corrected chi connectivity index (χ3v) is 4.71. The summed E-state index contributed by atoms with van der Waals surface area (Å²) in [5.74, 6) is -0.499. The zero-order valence-electron chi connectivity index (χ0n) is 16.7. The predicted octanol–water partition coefficient (Wildman–Crippen LogP) is 3.12. The first-order valence-electron chi connectivity index (χ1n) is 9.64. The van der Waals surface area contributed by atoms with Crippen molar-refractivity contribution in [1.82, 2.24) is 15.0 Å². The molecule has 0 radical (unpaired) electrons. The number of amides is 1. The Morgan fingerprint density at radius 2 is 1.72 bits per heavy atom. The number of hydrazone groups is 1. The lowest BCUT2D eigenvalue weighted by Gasteiger charge is -2.11. The van der Waals surface area contributed by atoms with E-state index in [1.807, 2.05) is 24.3 Å². The summed E-state index contributed by atoms with van der Waals surface area (Å²) in [6.45, 7) is -0.251. The molecule has 1 heterocycles. The molecule has 4 aromatic rings. The summed E-state index contributed by atoms with van der Waals surface area (Å²) in [5.41, 5.74) is 4.58. The highest BCUT2D eigenvalue weighted by Gasteiger charge is 2.14. The molecule has 0 aliphatic rings. The van der Waals surface area contributed by atoms with Crippen LogP contribution in [0.2, 0.25) is 0 Å². The number of nitro groups is 1. The molecule has 4 rings (SSSR count). The number of carbonyl (C=O) groups excluding carboxylic acids is 1. The van der Waals surface area contributed by atoms with E-state index >= 15 is 0 Å². The van der Waals surface area contributed by atoms with Crippen LogP contribution < -0.4 is 11.0 Å². The number of non-ortho nitro benzene ring substituents is 1. The Morgan fingerprint density at radius 3 is 2.44 bits per heavy atom. The molecule has 0 atom stereocenters.